The SMILES string of the molecule is CCOc1ccccc1OCCn1cc(Br)c(N)n1. The average Bonchev–Trinajstić information content (AvgIpc) is 2.71. The zero-order valence-corrected chi connectivity index (χ0v) is 12.3. The number of nitrogens with two attached hydrogens (primary N) is 1. The third kappa shape index (κ3) is 3.64. The molecular formula is C13H16BrN3O2. The minimum atomic E-state index is 0.481. The van der Waals surface area contributed by atoms with Gasteiger partial charge in [0.2, 0.25) is 0 Å². The second kappa shape index (κ2) is 6.47. The van der Waals surface area contributed by atoms with Crippen LogP contribution < -0.4 is 15.2 Å². The molecule has 0 amide bonds. The summed E-state index contributed by atoms with van der Waals surface area (Å²) in [6.45, 7) is 3.68. The van der Waals surface area contributed by atoms with Gasteiger partial charge in [-0.1, -0.05) is 12.1 Å². The number of benzene rings is 1. The van der Waals surface area contributed by atoms with Crippen molar-refractivity contribution in [3.63, 3.8) is 0 Å². The zero-order valence-electron chi connectivity index (χ0n) is 10.7. The van der Waals surface area contributed by atoms with E-state index in [0.717, 1.165) is 16.0 Å². The second-order valence-corrected chi connectivity index (χ2v) is 4.71. The molecule has 2 N–H and O–H groups in total. The molecule has 1 heterocycles. The molecule has 2 rings (SSSR count). The van der Waals surface area contributed by atoms with Crippen LogP contribution in [0.4, 0.5) is 5.82 Å². The minimum Gasteiger partial charge on any atom is -0.490 e. The fourth-order valence-corrected chi connectivity index (χ4v) is 1.94. The highest BCUT2D eigenvalue weighted by atomic mass is 79.9. The van der Waals surface area contributed by atoms with E-state index in [-0.39, 0.29) is 0 Å². The summed E-state index contributed by atoms with van der Waals surface area (Å²) in [7, 11) is 0. The summed E-state index contributed by atoms with van der Waals surface area (Å²) in [5, 5.41) is 4.14. The molecule has 0 bridgehead atoms. The maximum absolute atomic E-state index is 5.70. The summed E-state index contributed by atoms with van der Waals surface area (Å²) >= 11 is 3.32. The van der Waals surface area contributed by atoms with Gasteiger partial charge in [0, 0.05) is 6.20 Å². The topological polar surface area (TPSA) is 62.3 Å². The first-order valence-electron chi connectivity index (χ1n) is 6.03. The molecule has 0 spiro atoms. The summed E-state index contributed by atoms with van der Waals surface area (Å²) < 4.78 is 13.7. The number of nitrogens with zero attached hydrogens (tertiary/aromatic N) is 2. The molecule has 1 aromatic carbocycles. The van der Waals surface area contributed by atoms with Crippen LogP contribution in [0.1, 0.15) is 6.92 Å². The van der Waals surface area contributed by atoms with Crippen LogP contribution in [0.5, 0.6) is 11.5 Å². The fraction of sp³-hybridized carbons (Fsp3) is 0.308. The summed E-state index contributed by atoms with van der Waals surface area (Å²) in [5.41, 5.74) is 5.65. The fourth-order valence-electron chi connectivity index (χ4n) is 1.62. The van der Waals surface area contributed by atoms with Gasteiger partial charge in [-0.15, -0.1) is 0 Å². The van der Waals surface area contributed by atoms with Crippen LogP contribution in [-0.4, -0.2) is 23.0 Å². The molecule has 0 fully saturated rings. The van der Waals surface area contributed by atoms with E-state index in [1.807, 2.05) is 37.4 Å². The first kappa shape index (κ1) is 13.7. The normalized spacial score (nSPS) is 10.4. The molecule has 5 nitrogen and oxygen atoms in total. The number of ether oxygens (including phenoxy) is 2. The molecule has 0 unspecified atom stereocenters. The number of aromatic nitrogens is 2. The average molecular weight is 326 g/mol. The first-order chi connectivity index (χ1) is 9.20. The molecule has 102 valence electrons. The Balaban J connectivity index is 1.92. The number of nitrogen functional groups attached to an aromatic ring is 1. The lowest BCUT2D eigenvalue weighted by molar-refractivity contribution is 0.262. The van der Waals surface area contributed by atoms with Crippen molar-refractivity contribution in [2.45, 2.75) is 13.5 Å². The van der Waals surface area contributed by atoms with Gasteiger partial charge in [-0.3, -0.25) is 4.68 Å². The van der Waals surface area contributed by atoms with Crippen LogP contribution >= 0.6 is 15.9 Å². The molecule has 0 radical (unpaired) electrons. The molecule has 0 atom stereocenters. The van der Waals surface area contributed by atoms with Gasteiger partial charge in [0.05, 0.1) is 17.6 Å². The molecular weight excluding hydrogens is 310 g/mol. The minimum absolute atomic E-state index is 0.481. The molecule has 1 aromatic heterocycles. The van der Waals surface area contributed by atoms with Crippen molar-refractivity contribution >= 4 is 21.7 Å². The van der Waals surface area contributed by atoms with Crippen molar-refractivity contribution in [1.82, 2.24) is 9.78 Å². The molecule has 19 heavy (non-hydrogen) atoms. The number of anilines is 1. The van der Waals surface area contributed by atoms with Crippen molar-refractivity contribution in [2.24, 2.45) is 0 Å². The Bertz CT molecular complexity index is 523. The quantitative estimate of drug-likeness (QED) is 0.887. The van der Waals surface area contributed by atoms with Gasteiger partial charge < -0.3 is 15.2 Å². The van der Waals surface area contributed by atoms with Gasteiger partial charge in [0.1, 0.15) is 6.61 Å². The Labute approximate surface area is 120 Å². The van der Waals surface area contributed by atoms with Crippen LogP contribution in [-0.2, 0) is 6.54 Å². The summed E-state index contributed by atoms with van der Waals surface area (Å²) in [6, 6.07) is 7.61. The molecule has 0 saturated heterocycles. The summed E-state index contributed by atoms with van der Waals surface area (Å²) in [5.74, 6) is 1.98. The highest BCUT2D eigenvalue weighted by Gasteiger charge is 2.05. The third-order valence-electron chi connectivity index (χ3n) is 2.47. The molecule has 2 aromatic rings. The largest absolute Gasteiger partial charge is 0.490 e. The van der Waals surface area contributed by atoms with E-state index in [0.29, 0.717) is 25.6 Å². The lowest BCUT2D eigenvalue weighted by Crippen LogP contribution is -2.09. The lowest BCUT2D eigenvalue weighted by Gasteiger charge is -2.11. The van der Waals surface area contributed by atoms with Crippen LogP contribution in [0.2, 0.25) is 0 Å². The number of halogens is 1. The molecule has 0 saturated carbocycles. The van der Waals surface area contributed by atoms with Gasteiger partial charge in [0.15, 0.2) is 17.3 Å². The van der Waals surface area contributed by atoms with Crippen molar-refractivity contribution in [1.29, 1.82) is 0 Å². The smallest absolute Gasteiger partial charge is 0.161 e. The Morgan fingerprint density at radius 3 is 2.53 bits per heavy atom. The highest BCUT2D eigenvalue weighted by Crippen LogP contribution is 2.26. The third-order valence-corrected chi connectivity index (χ3v) is 3.08. The van der Waals surface area contributed by atoms with E-state index in [1.165, 1.54) is 0 Å². The zero-order chi connectivity index (χ0) is 13.7. The predicted octanol–water partition coefficient (Wildman–Crippen LogP) is 2.71. The maximum atomic E-state index is 5.70. The highest BCUT2D eigenvalue weighted by molar-refractivity contribution is 9.10. The van der Waals surface area contributed by atoms with E-state index in [1.54, 1.807) is 4.68 Å². The first-order valence-corrected chi connectivity index (χ1v) is 6.83. The van der Waals surface area contributed by atoms with Gasteiger partial charge >= 0.3 is 0 Å². The van der Waals surface area contributed by atoms with E-state index in [9.17, 15) is 0 Å². The van der Waals surface area contributed by atoms with Gasteiger partial charge in [0.25, 0.3) is 0 Å². The van der Waals surface area contributed by atoms with Gasteiger partial charge in [-0.05, 0) is 35.0 Å². The van der Waals surface area contributed by atoms with E-state index >= 15 is 0 Å². The molecule has 6 heteroatoms. The van der Waals surface area contributed by atoms with Gasteiger partial charge in [-0.2, -0.15) is 5.10 Å². The van der Waals surface area contributed by atoms with Crippen molar-refractivity contribution in [3.8, 4) is 11.5 Å². The van der Waals surface area contributed by atoms with Crippen LogP contribution in [0.3, 0.4) is 0 Å². The number of hydrogen-bond donors (Lipinski definition) is 1. The standard InChI is InChI=1S/C13H16BrN3O2/c1-2-18-11-5-3-4-6-12(11)19-8-7-17-9-10(14)13(15)16-17/h3-6,9H,2,7-8H2,1H3,(H2,15,16). The molecule has 0 aliphatic heterocycles. The predicted molar refractivity (Wildman–Crippen MR) is 77.4 cm³/mol. The number of para-hydroxylation sites is 2. The molecule has 0 aliphatic carbocycles. The maximum Gasteiger partial charge on any atom is 0.161 e. The Hall–Kier alpha value is -1.69. The van der Waals surface area contributed by atoms with E-state index in [4.69, 9.17) is 15.2 Å². The van der Waals surface area contributed by atoms with Crippen molar-refractivity contribution < 1.29 is 9.47 Å². The molecule has 0 aliphatic rings. The van der Waals surface area contributed by atoms with Gasteiger partial charge in [-0.25, -0.2) is 0 Å². The Morgan fingerprint density at radius 1 is 1.26 bits per heavy atom. The second-order valence-electron chi connectivity index (χ2n) is 3.85. The number of rotatable bonds is 6. The summed E-state index contributed by atoms with van der Waals surface area (Å²) in [6.07, 6.45) is 1.83. The van der Waals surface area contributed by atoms with E-state index < -0.39 is 0 Å². The lowest BCUT2D eigenvalue weighted by atomic mass is 10.3. The number of hydrogen-bond acceptors (Lipinski definition) is 4. The van der Waals surface area contributed by atoms with E-state index in [2.05, 4.69) is 21.0 Å². The monoisotopic (exact) mass is 325 g/mol. The van der Waals surface area contributed by atoms with Crippen LogP contribution in [0.25, 0.3) is 0 Å². The van der Waals surface area contributed by atoms with Crippen molar-refractivity contribution in [3.05, 3.63) is 34.9 Å². The van der Waals surface area contributed by atoms with Crippen molar-refractivity contribution in [2.75, 3.05) is 18.9 Å². The summed E-state index contributed by atoms with van der Waals surface area (Å²) in [4.78, 5) is 0. The van der Waals surface area contributed by atoms with Crippen LogP contribution in [0, 0.1) is 0 Å². The Morgan fingerprint density at radius 2 is 1.95 bits per heavy atom. The Kier molecular flexibility index (Phi) is 4.68. The van der Waals surface area contributed by atoms with Crippen LogP contribution in [0.15, 0.2) is 34.9 Å².